The lowest BCUT2D eigenvalue weighted by molar-refractivity contribution is -0.134. The van der Waals surface area contributed by atoms with E-state index in [1.165, 1.54) is 31.8 Å². The SMILES string of the molecule is COC[C@H](NC(=O)c1cnc(C)s1)C(=O)N[C@@H](COC)C(=O)N[C@@H](Cc1ccccc1)C(=O)C1(C)CO1. The van der Waals surface area contributed by atoms with Crippen LogP contribution in [0.25, 0.3) is 0 Å². The van der Waals surface area contributed by atoms with E-state index in [1.54, 1.807) is 13.8 Å². The molecule has 1 unspecified atom stereocenters. The van der Waals surface area contributed by atoms with Crippen molar-refractivity contribution in [1.82, 2.24) is 20.9 Å². The third-order valence-corrected chi connectivity index (χ3v) is 6.69. The number of aryl methyl sites for hydroxylation is 1. The molecule has 11 nitrogen and oxygen atoms in total. The number of epoxide rings is 1. The van der Waals surface area contributed by atoms with E-state index in [-0.39, 0.29) is 32.0 Å². The molecule has 1 fully saturated rings. The van der Waals surface area contributed by atoms with Gasteiger partial charge >= 0.3 is 0 Å². The van der Waals surface area contributed by atoms with Gasteiger partial charge in [0.1, 0.15) is 22.6 Å². The number of methoxy groups -OCH3 is 2. The fourth-order valence-corrected chi connectivity index (χ4v) is 4.30. The number of benzene rings is 1. The Morgan fingerprint density at radius 2 is 1.57 bits per heavy atom. The van der Waals surface area contributed by atoms with Crippen molar-refractivity contribution in [2.45, 2.75) is 44.0 Å². The third kappa shape index (κ3) is 7.89. The van der Waals surface area contributed by atoms with Gasteiger partial charge in [0, 0.05) is 14.2 Å². The van der Waals surface area contributed by atoms with Crippen molar-refractivity contribution in [3.63, 3.8) is 0 Å². The monoisotopic (exact) mass is 532 g/mol. The molecule has 3 rings (SSSR count). The van der Waals surface area contributed by atoms with E-state index in [2.05, 4.69) is 20.9 Å². The van der Waals surface area contributed by atoms with E-state index in [4.69, 9.17) is 14.2 Å². The zero-order valence-corrected chi connectivity index (χ0v) is 22.1. The molecule has 37 heavy (non-hydrogen) atoms. The first kappa shape index (κ1) is 28.4. The summed E-state index contributed by atoms with van der Waals surface area (Å²) >= 11 is 1.19. The number of ketones is 1. The average molecular weight is 533 g/mol. The van der Waals surface area contributed by atoms with Crippen LogP contribution in [-0.4, -0.2) is 86.3 Å². The van der Waals surface area contributed by atoms with Gasteiger partial charge in [0.2, 0.25) is 11.8 Å². The van der Waals surface area contributed by atoms with Crippen LogP contribution in [0, 0.1) is 6.92 Å². The zero-order chi connectivity index (χ0) is 27.0. The van der Waals surface area contributed by atoms with Crippen LogP contribution in [0.1, 0.15) is 27.2 Å². The molecule has 0 spiro atoms. The predicted molar refractivity (Wildman–Crippen MR) is 135 cm³/mol. The normalized spacial score (nSPS) is 18.8. The summed E-state index contributed by atoms with van der Waals surface area (Å²) in [5.74, 6) is -1.98. The summed E-state index contributed by atoms with van der Waals surface area (Å²) < 4.78 is 15.6. The number of nitrogens with zero attached hydrogens (tertiary/aromatic N) is 1. The molecule has 3 N–H and O–H groups in total. The molecular weight excluding hydrogens is 500 g/mol. The van der Waals surface area contributed by atoms with Crippen LogP contribution in [0.5, 0.6) is 0 Å². The van der Waals surface area contributed by atoms with Crippen LogP contribution in [0.15, 0.2) is 36.5 Å². The first-order valence-corrected chi connectivity index (χ1v) is 12.5. The maximum absolute atomic E-state index is 13.2. The average Bonchev–Trinajstić information content (AvgIpc) is 3.48. The Labute approximate surface area is 219 Å². The number of ether oxygens (including phenoxy) is 3. The summed E-state index contributed by atoms with van der Waals surface area (Å²) in [4.78, 5) is 56.3. The number of carbonyl (C=O) groups excluding carboxylic acids is 4. The topological polar surface area (TPSA) is 148 Å². The summed E-state index contributed by atoms with van der Waals surface area (Å²) in [7, 11) is 2.78. The summed E-state index contributed by atoms with van der Waals surface area (Å²) in [6.45, 7) is 3.44. The summed E-state index contributed by atoms with van der Waals surface area (Å²) in [5, 5.41) is 8.67. The van der Waals surface area contributed by atoms with Crippen molar-refractivity contribution < 1.29 is 33.4 Å². The highest BCUT2D eigenvalue weighted by Crippen LogP contribution is 2.29. The molecule has 4 atom stereocenters. The molecule has 1 saturated heterocycles. The van der Waals surface area contributed by atoms with E-state index in [9.17, 15) is 19.2 Å². The molecule has 0 aliphatic carbocycles. The largest absolute Gasteiger partial charge is 0.382 e. The molecule has 200 valence electrons. The van der Waals surface area contributed by atoms with Crippen molar-refractivity contribution in [3.05, 3.63) is 52.0 Å². The van der Waals surface area contributed by atoms with E-state index in [1.807, 2.05) is 30.3 Å². The first-order valence-electron chi connectivity index (χ1n) is 11.7. The maximum atomic E-state index is 13.2. The third-order valence-electron chi connectivity index (χ3n) is 5.78. The number of rotatable bonds is 14. The Morgan fingerprint density at radius 3 is 2.08 bits per heavy atom. The molecular formula is C25H32N4O7S. The molecule has 2 heterocycles. The molecule has 12 heteroatoms. The van der Waals surface area contributed by atoms with Gasteiger partial charge in [0.15, 0.2) is 5.78 Å². The van der Waals surface area contributed by atoms with Gasteiger partial charge in [-0.15, -0.1) is 11.3 Å². The predicted octanol–water partition coefficient (Wildman–Crippen LogP) is 0.413. The van der Waals surface area contributed by atoms with Crippen LogP contribution in [0.4, 0.5) is 0 Å². The van der Waals surface area contributed by atoms with Crippen molar-refractivity contribution in [1.29, 1.82) is 0 Å². The lowest BCUT2D eigenvalue weighted by atomic mass is 9.94. The Kier molecular flexibility index (Phi) is 9.86. The van der Waals surface area contributed by atoms with E-state index in [0.717, 1.165) is 5.56 Å². The zero-order valence-electron chi connectivity index (χ0n) is 21.2. The maximum Gasteiger partial charge on any atom is 0.263 e. The number of carbonyl (C=O) groups is 4. The van der Waals surface area contributed by atoms with Gasteiger partial charge < -0.3 is 30.2 Å². The molecule has 0 bridgehead atoms. The van der Waals surface area contributed by atoms with Crippen molar-refractivity contribution in [3.8, 4) is 0 Å². The molecule has 2 aromatic rings. The highest BCUT2D eigenvalue weighted by Gasteiger charge is 2.50. The Balaban J connectivity index is 1.70. The molecule has 0 saturated carbocycles. The molecule has 0 radical (unpaired) electrons. The number of Topliss-reactive ketones (excluding diaryl/α,β-unsaturated/α-hetero) is 1. The van der Waals surface area contributed by atoms with E-state index >= 15 is 0 Å². The number of aromatic nitrogens is 1. The number of amides is 3. The highest BCUT2D eigenvalue weighted by molar-refractivity contribution is 7.13. The second-order valence-corrected chi connectivity index (χ2v) is 10.1. The van der Waals surface area contributed by atoms with Crippen LogP contribution in [0.2, 0.25) is 0 Å². The number of hydrogen-bond acceptors (Lipinski definition) is 9. The van der Waals surface area contributed by atoms with Crippen LogP contribution in [0.3, 0.4) is 0 Å². The van der Waals surface area contributed by atoms with Gasteiger partial charge in [-0.05, 0) is 25.8 Å². The first-order chi connectivity index (χ1) is 17.7. The lowest BCUT2D eigenvalue weighted by Crippen LogP contribution is -2.59. The molecule has 1 aliphatic heterocycles. The Morgan fingerprint density at radius 1 is 1.00 bits per heavy atom. The van der Waals surface area contributed by atoms with Gasteiger partial charge in [-0.2, -0.15) is 0 Å². The number of thiazole rings is 1. The fourth-order valence-electron chi connectivity index (χ4n) is 3.62. The number of nitrogens with one attached hydrogen (secondary N) is 3. The molecule has 3 amide bonds. The molecule has 1 aliphatic rings. The minimum absolute atomic E-state index is 0.124. The van der Waals surface area contributed by atoms with Crippen molar-refractivity contribution in [2.75, 3.05) is 34.0 Å². The second kappa shape index (κ2) is 12.9. The summed E-state index contributed by atoms with van der Waals surface area (Å²) in [6.07, 6.45) is 1.68. The van der Waals surface area contributed by atoms with Gasteiger partial charge in [0.05, 0.1) is 37.1 Å². The van der Waals surface area contributed by atoms with Crippen LogP contribution in [-0.2, 0) is 35.0 Å². The van der Waals surface area contributed by atoms with Gasteiger partial charge in [-0.25, -0.2) is 4.98 Å². The molecule has 1 aromatic carbocycles. The van der Waals surface area contributed by atoms with Crippen molar-refractivity contribution >= 4 is 34.8 Å². The minimum atomic E-state index is -1.13. The van der Waals surface area contributed by atoms with Crippen LogP contribution >= 0.6 is 11.3 Å². The van der Waals surface area contributed by atoms with Crippen molar-refractivity contribution in [2.24, 2.45) is 0 Å². The van der Waals surface area contributed by atoms with E-state index in [0.29, 0.717) is 9.88 Å². The lowest BCUT2D eigenvalue weighted by Gasteiger charge is -2.25. The van der Waals surface area contributed by atoms with Gasteiger partial charge in [-0.3, -0.25) is 19.2 Å². The molecule has 1 aromatic heterocycles. The quantitative estimate of drug-likeness (QED) is 0.297. The Bertz CT molecular complexity index is 1100. The fraction of sp³-hybridized carbons (Fsp3) is 0.480. The standard InChI is InChI=1S/C25H32N4O7S/c1-15-26-11-20(37-15)24(33)29-19(13-35-4)23(32)28-18(12-34-3)22(31)27-17(21(30)25(2)14-36-25)10-16-8-6-5-7-9-16/h5-9,11,17-19H,10,12-14H2,1-4H3,(H,27,31)(H,28,32)(H,29,33)/t17-,18-,19-,25?/m0/s1. The minimum Gasteiger partial charge on any atom is -0.382 e. The van der Waals surface area contributed by atoms with Crippen LogP contribution < -0.4 is 16.0 Å². The summed E-state index contributed by atoms with van der Waals surface area (Å²) in [6, 6.07) is 6.20. The number of hydrogen-bond donors (Lipinski definition) is 3. The van der Waals surface area contributed by atoms with Gasteiger partial charge in [0.25, 0.3) is 5.91 Å². The van der Waals surface area contributed by atoms with E-state index < -0.39 is 41.4 Å². The van der Waals surface area contributed by atoms with Gasteiger partial charge in [-0.1, -0.05) is 30.3 Å². The smallest absolute Gasteiger partial charge is 0.263 e. The highest BCUT2D eigenvalue weighted by atomic mass is 32.1. The summed E-state index contributed by atoms with van der Waals surface area (Å²) in [5.41, 5.74) is -0.0887. The second-order valence-electron chi connectivity index (χ2n) is 8.88. The Hall–Kier alpha value is -3.19.